The van der Waals surface area contributed by atoms with E-state index in [1.54, 1.807) is 6.92 Å². The van der Waals surface area contributed by atoms with Gasteiger partial charge in [0.1, 0.15) is 13.1 Å². The van der Waals surface area contributed by atoms with Gasteiger partial charge in [-0.15, -0.1) is 0 Å². The first-order valence-corrected chi connectivity index (χ1v) is 7.58. The highest BCUT2D eigenvalue weighted by Gasteiger charge is 2.32. The Labute approximate surface area is 153 Å². The maximum atomic E-state index is 11.2. The molecule has 2 fully saturated rings. The van der Waals surface area contributed by atoms with Crippen molar-refractivity contribution in [3.63, 3.8) is 0 Å². The summed E-state index contributed by atoms with van der Waals surface area (Å²) in [6.45, 7) is 2.03. The van der Waals surface area contributed by atoms with E-state index in [0.29, 0.717) is 6.54 Å². The fraction of sp³-hybridized carbons (Fsp3) is 0.538. The number of nitrogens with zero attached hydrogens (tertiary/aromatic N) is 2. The molecule has 2 aliphatic rings. The second-order valence-electron chi connectivity index (χ2n) is 4.69. The normalized spacial score (nSPS) is 16.6. The third-order valence-corrected chi connectivity index (χ3v) is 3.01. The molecule has 0 aromatic carbocycles. The number of hydrogen-bond acceptors (Lipinski definition) is 8. The number of ether oxygens (including phenoxy) is 1. The molecule has 0 bridgehead atoms. The lowest BCUT2D eigenvalue weighted by Gasteiger charge is -2.29. The SMILES string of the molecule is CCN1C(=O)CN(C(=O)O)CC1=O.COC(=O)Cl.O=C1CNCC(=O)N1. The number of hydrogen-bond donors (Lipinski definition) is 3. The van der Waals surface area contributed by atoms with Gasteiger partial charge in [0, 0.05) is 18.1 Å². The topological polar surface area (TPSA) is 162 Å². The van der Waals surface area contributed by atoms with Crippen molar-refractivity contribution in [2.45, 2.75) is 6.92 Å². The van der Waals surface area contributed by atoms with Crippen LogP contribution < -0.4 is 10.6 Å². The summed E-state index contributed by atoms with van der Waals surface area (Å²) in [6, 6.07) is 0. The number of nitrogens with one attached hydrogen (secondary N) is 2. The highest BCUT2D eigenvalue weighted by molar-refractivity contribution is 6.61. The molecule has 2 saturated heterocycles. The predicted molar refractivity (Wildman–Crippen MR) is 86.3 cm³/mol. The molecule has 12 nitrogen and oxygen atoms in total. The van der Waals surface area contributed by atoms with Crippen LogP contribution in [0.5, 0.6) is 0 Å². The molecular formula is C13H19ClN4O8. The number of amides is 5. The molecule has 0 aromatic rings. The maximum absolute atomic E-state index is 11.2. The summed E-state index contributed by atoms with van der Waals surface area (Å²) in [4.78, 5) is 64.5. The number of carbonyl (C=O) groups is 6. The first-order valence-electron chi connectivity index (χ1n) is 7.20. The molecule has 0 atom stereocenters. The second-order valence-corrected chi connectivity index (χ2v) is 5.00. The summed E-state index contributed by atoms with van der Waals surface area (Å²) in [6.07, 6.45) is -1.24. The van der Waals surface area contributed by atoms with Gasteiger partial charge in [0.05, 0.1) is 20.2 Å². The van der Waals surface area contributed by atoms with Gasteiger partial charge in [-0.05, 0) is 6.92 Å². The van der Waals surface area contributed by atoms with Gasteiger partial charge in [-0.1, -0.05) is 0 Å². The molecule has 13 heteroatoms. The van der Waals surface area contributed by atoms with Gasteiger partial charge < -0.3 is 9.84 Å². The van der Waals surface area contributed by atoms with Crippen molar-refractivity contribution >= 4 is 46.8 Å². The van der Waals surface area contributed by atoms with Crippen LogP contribution in [0.25, 0.3) is 0 Å². The Bertz CT molecular complexity index is 550. The Morgan fingerprint density at radius 1 is 1.12 bits per heavy atom. The Kier molecular flexibility index (Phi) is 10.5. The minimum absolute atomic E-state index is 0.227. The van der Waals surface area contributed by atoms with Gasteiger partial charge in [0.25, 0.3) is 0 Å². The molecule has 2 rings (SSSR count). The summed E-state index contributed by atoms with van der Waals surface area (Å²) in [5, 5.41) is 13.3. The Hall–Kier alpha value is -2.73. The first kappa shape index (κ1) is 23.3. The zero-order chi connectivity index (χ0) is 20.3. The van der Waals surface area contributed by atoms with E-state index in [4.69, 9.17) is 5.11 Å². The van der Waals surface area contributed by atoms with E-state index >= 15 is 0 Å². The van der Waals surface area contributed by atoms with Gasteiger partial charge in [-0.3, -0.25) is 39.6 Å². The van der Waals surface area contributed by atoms with Crippen molar-refractivity contribution in [2.24, 2.45) is 0 Å². The lowest BCUT2D eigenvalue weighted by molar-refractivity contribution is -0.150. The van der Waals surface area contributed by atoms with Crippen LogP contribution in [0.2, 0.25) is 0 Å². The average molecular weight is 395 g/mol. The number of methoxy groups -OCH3 is 1. The zero-order valence-corrected chi connectivity index (χ0v) is 14.9. The molecule has 3 N–H and O–H groups in total. The fourth-order valence-corrected chi connectivity index (χ4v) is 1.71. The Balaban J connectivity index is 0.000000409. The van der Waals surface area contributed by atoms with Crippen molar-refractivity contribution in [2.75, 3.05) is 39.8 Å². The summed E-state index contributed by atoms with van der Waals surface area (Å²) < 4.78 is 3.88. The van der Waals surface area contributed by atoms with E-state index in [9.17, 15) is 28.8 Å². The van der Waals surface area contributed by atoms with Crippen LogP contribution in [-0.4, -0.2) is 89.9 Å². The molecule has 2 heterocycles. The van der Waals surface area contributed by atoms with E-state index in [-0.39, 0.29) is 38.0 Å². The highest BCUT2D eigenvalue weighted by Crippen LogP contribution is 2.04. The van der Waals surface area contributed by atoms with Gasteiger partial charge in [-0.2, -0.15) is 0 Å². The minimum Gasteiger partial charge on any atom is -0.465 e. The largest absolute Gasteiger partial charge is 0.465 e. The number of imide groups is 2. The molecule has 5 amide bonds. The maximum Gasteiger partial charge on any atom is 0.408 e. The van der Waals surface area contributed by atoms with E-state index < -0.39 is 23.3 Å². The van der Waals surface area contributed by atoms with Crippen LogP contribution in [0.4, 0.5) is 9.59 Å². The predicted octanol–water partition coefficient (Wildman–Crippen LogP) is -1.42. The number of piperazine rings is 2. The van der Waals surface area contributed by atoms with E-state index in [1.165, 1.54) is 7.11 Å². The highest BCUT2D eigenvalue weighted by atomic mass is 35.5. The van der Waals surface area contributed by atoms with Gasteiger partial charge in [-0.25, -0.2) is 9.59 Å². The smallest absolute Gasteiger partial charge is 0.408 e. The summed E-state index contributed by atoms with van der Waals surface area (Å²) in [5.41, 5.74) is -0.773. The summed E-state index contributed by atoms with van der Waals surface area (Å²) >= 11 is 4.60. The third kappa shape index (κ3) is 8.94. The van der Waals surface area contributed by atoms with Crippen LogP contribution in [-0.2, 0) is 23.9 Å². The Morgan fingerprint density at radius 3 is 1.77 bits per heavy atom. The van der Waals surface area contributed by atoms with Gasteiger partial charge in [0.2, 0.25) is 23.6 Å². The van der Waals surface area contributed by atoms with E-state index in [0.717, 1.165) is 9.80 Å². The monoisotopic (exact) mass is 394 g/mol. The molecule has 0 unspecified atom stereocenters. The molecule has 0 aliphatic carbocycles. The van der Waals surface area contributed by atoms with E-state index in [1.807, 2.05) is 0 Å². The lowest BCUT2D eigenvalue weighted by atomic mass is 10.3. The van der Waals surface area contributed by atoms with Crippen LogP contribution in [0.1, 0.15) is 6.92 Å². The molecule has 0 radical (unpaired) electrons. The zero-order valence-electron chi connectivity index (χ0n) is 14.1. The van der Waals surface area contributed by atoms with Crippen LogP contribution in [0.15, 0.2) is 0 Å². The molecular weight excluding hydrogens is 376 g/mol. The number of likely N-dealkylation sites (N-methyl/N-ethyl adjacent to an activating group) is 1. The van der Waals surface area contributed by atoms with Crippen molar-refractivity contribution < 1.29 is 38.6 Å². The number of rotatable bonds is 1. The molecule has 2 aliphatic heterocycles. The fourth-order valence-electron chi connectivity index (χ4n) is 1.71. The van der Waals surface area contributed by atoms with Crippen molar-refractivity contribution in [3.8, 4) is 0 Å². The quantitative estimate of drug-likeness (QED) is 0.357. The molecule has 26 heavy (non-hydrogen) atoms. The van der Waals surface area contributed by atoms with Crippen molar-refractivity contribution in [1.29, 1.82) is 0 Å². The number of carboxylic acid groups (broad SMARTS) is 1. The van der Waals surface area contributed by atoms with Gasteiger partial charge >= 0.3 is 11.5 Å². The Morgan fingerprint density at radius 2 is 1.54 bits per heavy atom. The average Bonchev–Trinajstić information content (AvgIpc) is 2.55. The first-order chi connectivity index (χ1) is 12.1. The number of carbonyl (C=O) groups excluding carboxylic acids is 5. The van der Waals surface area contributed by atoms with Crippen LogP contribution >= 0.6 is 11.6 Å². The van der Waals surface area contributed by atoms with Crippen molar-refractivity contribution in [1.82, 2.24) is 20.4 Å². The van der Waals surface area contributed by atoms with Crippen molar-refractivity contribution in [3.05, 3.63) is 0 Å². The molecule has 0 saturated carbocycles. The standard InChI is InChI=1S/C7H10N2O4.C4H6N2O2.C2H3ClO2/c1-2-9-5(10)3-8(7(12)13)4-6(9)11;7-3-1-5-2-4(8)6-3;1-5-2(3)4/h2-4H2,1H3,(H,12,13);5H,1-2H2,(H,6,7,8);1H3. The summed E-state index contributed by atoms with van der Waals surface area (Å²) in [5.74, 6) is -1.41. The second kappa shape index (κ2) is 11.8. The minimum atomic E-state index is -1.24. The molecule has 0 aromatic heterocycles. The molecule has 0 spiro atoms. The summed E-state index contributed by atoms with van der Waals surface area (Å²) in [7, 11) is 1.22. The third-order valence-electron chi connectivity index (χ3n) is 2.85. The van der Waals surface area contributed by atoms with Crippen LogP contribution in [0, 0.1) is 0 Å². The number of halogens is 1. The lowest BCUT2D eigenvalue weighted by Crippen LogP contribution is -2.55. The van der Waals surface area contributed by atoms with Crippen LogP contribution in [0.3, 0.4) is 0 Å². The van der Waals surface area contributed by atoms with E-state index in [2.05, 4.69) is 27.0 Å². The molecule has 146 valence electrons. The van der Waals surface area contributed by atoms with Gasteiger partial charge in [0.15, 0.2) is 0 Å².